The Balaban J connectivity index is 0.00000176. The minimum absolute atomic E-state index is 0.169. The van der Waals surface area contributed by atoms with Crippen molar-refractivity contribution in [3.63, 3.8) is 0 Å². The van der Waals surface area contributed by atoms with Crippen molar-refractivity contribution in [2.75, 3.05) is 5.73 Å². The molecular weight excluding hydrogens is 427 g/mol. The molecule has 1 amide bonds. The van der Waals surface area contributed by atoms with Gasteiger partial charge < -0.3 is 25.3 Å². The van der Waals surface area contributed by atoms with Gasteiger partial charge in [-0.1, -0.05) is 12.1 Å². The predicted octanol–water partition coefficient (Wildman–Crippen LogP) is 4.41. The lowest BCUT2D eigenvalue weighted by molar-refractivity contribution is -0.274. The number of aromatic nitrogens is 1. The lowest BCUT2D eigenvalue weighted by Gasteiger charge is -2.11. The molecule has 0 radical (unpaired) electrons. The number of anilines is 1. The molecule has 0 atom stereocenters. The van der Waals surface area contributed by atoms with E-state index in [0.29, 0.717) is 17.1 Å². The molecule has 0 spiro atoms. The molecule has 0 saturated carbocycles. The second-order valence-corrected chi connectivity index (χ2v) is 6.33. The third-order valence-corrected chi connectivity index (χ3v) is 3.98. The highest BCUT2D eigenvalue weighted by molar-refractivity contribution is 5.98. The molecule has 32 heavy (non-hydrogen) atoms. The van der Waals surface area contributed by atoms with Crippen molar-refractivity contribution < 1.29 is 32.2 Å². The van der Waals surface area contributed by atoms with E-state index in [1.807, 2.05) is 6.79 Å². The molecule has 0 unspecified atom stereocenters. The summed E-state index contributed by atoms with van der Waals surface area (Å²) in [6.45, 7) is 4.06. The van der Waals surface area contributed by atoms with E-state index >= 15 is 0 Å². The maximum absolute atomic E-state index is 12.2. The molecule has 0 aliphatic carbocycles. The Morgan fingerprint density at radius 3 is 2.03 bits per heavy atom. The largest absolute Gasteiger partial charge is 0.573 e. The van der Waals surface area contributed by atoms with E-state index in [1.54, 1.807) is 43.3 Å². The highest BCUT2D eigenvalue weighted by Crippen LogP contribution is 2.27. The van der Waals surface area contributed by atoms with Crippen LogP contribution in [0.3, 0.4) is 0 Å². The van der Waals surface area contributed by atoms with Gasteiger partial charge >= 0.3 is 6.36 Å². The monoisotopic (exact) mass is 447 g/mol. The van der Waals surface area contributed by atoms with Gasteiger partial charge in [-0.2, -0.15) is 0 Å². The topological polar surface area (TPSA) is 104 Å². The van der Waals surface area contributed by atoms with Crippen LogP contribution in [-0.2, 0) is 11.3 Å². The number of carbonyl (C=O) groups is 2. The fraction of sp³-hybridized carbons (Fsp3) is 0.136. The van der Waals surface area contributed by atoms with Crippen LogP contribution in [0.4, 0.5) is 19.0 Å². The van der Waals surface area contributed by atoms with Gasteiger partial charge in [0.1, 0.15) is 29.9 Å². The van der Waals surface area contributed by atoms with Gasteiger partial charge in [0.05, 0.1) is 5.56 Å². The molecule has 0 aliphatic heterocycles. The first kappa shape index (κ1) is 24.2. The van der Waals surface area contributed by atoms with Crippen LogP contribution in [0.15, 0.2) is 60.7 Å². The lowest BCUT2D eigenvalue weighted by atomic mass is 10.2. The Morgan fingerprint density at radius 2 is 1.50 bits per heavy atom. The Bertz CT molecular complexity index is 1040. The Morgan fingerprint density at radius 1 is 0.969 bits per heavy atom. The van der Waals surface area contributed by atoms with E-state index in [2.05, 4.69) is 15.0 Å². The third-order valence-electron chi connectivity index (χ3n) is 3.98. The normalized spacial score (nSPS) is 10.5. The van der Waals surface area contributed by atoms with Gasteiger partial charge in [0, 0.05) is 12.2 Å². The molecule has 7 nitrogen and oxygen atoms in total. The second-order valence-electron chi connectivity index (χ2n) is 6.33. The van der Waals surface area contributed by atoms with Crippen LogP contribution in [-0.4, -0.2) is 24.0 Å². The van der Waals surface area contributed by atoms with Crippen molar-refractivity contribution in [3.8, 4) is 17.2 Å². The van der Waals surface area contributed by atoms with Gasteiger partial charge in [-0.05, 0) is 61.0 Å². The fourth-order valence-corrected chi connectivity index (χ4v) is 2.57. The number of nitrogens with one attached hydrogen (secondary N) is 1. The van der Waals surface area contributed by atoms with Gasteiger partial charge in [0.25, 0.3) is 5.91 Å². The van der Waals surface area contributed by atoms with Gasteiger partial charge in [-0.3, -0.25) is 4.79 Å². The number of aryl methyl sites for hydroxylation is 1. The zero-order valence-electron chi connectivity index (χ0n) is 17.0. The summed E-state index contributed by atoms with van der Waals surface area (Å²) >= 11 is 0. The first-order valence-electron chi connectivity index (χ1n) is 9.12. The Labute approximate surface area is 182 Å². The van der Waals surface area contributed by atoms with Crippen LogP contribution in [0.25, 0.3) is 0 Å². The highest BCUT2D eigenvalue weighted by atomic mass is 19.4. The smallest absolute Gasteiger partial charge is 0.457 e. The molecule has 1 aromatic heterocycles. The fourth-order valence-electron chi connectivity index (χ4n) is 2.57. The number of rotatable bonds is 6. The van der Waals surface area contributed by atoms with Crippen molar-refractivity contribution in [3.05, 3.63) is 77.5 Å². The van der Waals surface area contributed by atoms with E-state index < -0.39 is 6.36 Å². The van der Waals surface area contributed by atoms with E-state index in [-0.39, 0.29) is 24.0 Å². The number of hydrogen-bond acceptors (Lipinski definition) is 6. The van der Waals surface area contributed by atoms with Crippen LogP contribution < -0.4 is 20.5 Å². The molecule has 3 N–H and O–H groups in total. The number of hydrogen-bond donors (Lipinski definition) is 2. The zero-order valence-corrected chi connectivity index (χ0v) is 17.0. The van der Waals surface area contributed by atoms with Gasteiger partial charge in [-0.25, -0.2) is 4.98 Å². The maximum atomic E-state index is 12.2. The van der Waals surface area contributed by atoms with E-state index in [1.165, 1.54) is 24.3 Å². The molecule has 3 rings (SSSR count). The molecule has 0 aliphatic rings. The summed E-state index contributed by atoms with van der Waals surface area (Å²) in [5, 5.41) is 2.76. The molecular formula is C22H20F3N3O4. The molecule has 2 aromatic carbocycles. The van der Waals surface area contributed by atoms with E-state index in [0.717, 1.165) is 11.3 Å². The zero-order chi connectivity index (χ0) is 23.7. The van der Waals surface area contributed by atoms with Gasteiger partial charge in [0.2, 0.25) is 0 Å². The second kappa shape index (κ2) is 10.8. The summed E-state index contributed by atoms with van der Waals surface area (Å²) in [4.78, 5) is 24.3. The first-order valence-corrected chi connectivity index (χ1v) is 9.12. The molecule has 1 heterocycles. The van der Waals surface area contributed by atoms with Crippen LogP contribution >= 0.6 is 0 Å². The average molecular weight is 447 g/mol. The van der Waals surface area contributed by atoms with Gasteiger partial charge in [0.15, 0.2) is 0 Å². The molecule has 0 fully saturated rings. The van der Waals surface area contributed by atoms with E-state index in [9.17, 15) is 18.0 Å². The van der Waals surface area contributed by atoms with Crippen molar-refractivity contribution >= 4 is 18.5 Å². The SMILES string of the molecule is C=O.Cc1ccc(C(=O)NCc2ccc(Oc3ccc(OC(F)(F)F)cc3)cc2)c(N)n1. The number of nitrogens with two attached hydrogens (primary N) is 1. The first-order chi connectivity index (χ1) is 15.2. The summed E-state index contributed by atoms with van der Waals surface area (Å²) in [5.41, 5.74) is 7.62. The van der Waals surface area contributed by atoms with Crippen LogP contribution in [0.1, 0.15) is 21.6 Å². The molecule has 0 bridgehead atoms. The summed E-state index contributed by atoms with van der Waals surface area (Å²) in [6, 6.07) is 15.3. The summed E-state index contributed by atoms with van der Waals surface area (Å²) in [7, 11) is 0. The van der Waals surface area contributed by atoms with E-state index in [4.69, 9.17) is 15.3 Å². The van der Waals surface area contributed by atoms with Crippen molar-refractivity contribution in [2.45, 2.75) is 19.8 Å². The Hall–Kier alpha value is -4.08. The van der Waals surface area contributed by atoms with Crippen molar-refractivity contribution in [1.82, 2.24) is 10.3 Å². The molecule has 3 aromatic rings. The molecule has 10 heteroatoms. The van der Waals surface area contributed by atoms with Crippen molar-refractivity contribution in [1.29, 1.82) is 0 Å². The van der Waals surface area contributed by atoms with Crippen molar-refractivity contribution in [2.24, 2.45) is 0 Å². The predicted molar refractivity (Wildman–Crippen MR) is 111 cm³/mol. The number of benzene rings is 2. The van der Waals surface area contributed by atoms with Crippen LogP contribution in [0, 0.1) is 6.92 Å². The number of carbonyl (C=O) groups excluding carboxylic acids is 2. The van der Waals surface area contributed by atoms with Gasteiger partial charge in [-0.15, -0.1) is 13.2 Å². The number of nitrogens with zero attached hydrogens (tertiary/aromatic N) is 1. The quantitative estimate of drug-likeness (QED) is 0.580. The summed E-state index contributed by atoms with van der Waals surface area (Å²) in [6.07, 6.45) is -4.74. The molecule has 168 valence electrons. The highest BCUT2D eigenvalue weighted by Gasteiger charge is 2.30. The summed E-state index contributed by atoms with van der Waals surface area (Å²) < 4.78 is 46.0. The number of alkyl halides is 3. The lowest BCUT2D eigenvalue weighted by Crippen LogP contribution is -2.24. The number of ether oxygens (including phenoxy) is 2. The van der Waals surface area contributed by atoms with Crippen LogP contribution in [0.5, 0.6) is 17.2 Å². The maximum Gasteiger partial charge on any atom is 0.573 e. The standard InChI is InChI=1S/C21H18F3N3O3.CH2O/c1-13-2-11-18(19(25)27-13)20(28)26-12-14-3-5-15(6-4-14)29-16-7-9-17(10-8-16)30-21(22,23)24;1-2/h2-11H,12H2,1H3,(H2,25,27)(H,26,28);1H2. The Kier molecular flexibility index (Phi) is 8.17. The average Bonchev–Trinajstić information content (AvgIpc) is 2.75. The number of pyridine rings is 1. The number of amides is 1. The minimum atomic E-state index is -4.74. The summed E-state index contributed by atoms with van der Waals surface area (Å²) in [5.74, 6) is 0.351. The number of halogens is 3. The molecule has 0 saturated heterocycles. The van der Waals surface area contributed by atoms with Crippen LogP contribution in [0.2, 0.25) is 0 Å². The third kappa shape index (κ3) is 7.31. The number of nitrogen functional groups attached to an aromatic ring is 1. The minimum Gasteiger partial charge on any atom is -0.457 e.